The van der Waals surface area contributed by atoms with Gasteiger partial charge in [0, 0.05) is 32.4 Å². The van der Waals surface area contributed by atoms with Crippen LogP contribution in [-0.4, -0.2) is 29.6 Å². The number of rotatable bonds is 8. The fourth-order valence-corrected chi connectivity index (χ4v) is 2.83. The molecule has 0 spiro atoms. The lowest BCUT2D eigenvalue weighted by Gasteiger charge is -2.30. The van der Waals surface area contributed by atoms with Crippen LogP contribution in [0.25, 0.3) is 0 Å². The van der Waals surface area contributed by atoms with Crippen molar-refractivity contribution in [3.63, 3.8) is 0 Å². The van der Waals surface area contributed by atoms with Gasteiger partial charge in [-0.2, -0.15) is 0 Å². The van der Waals surface area contributed by atoms with E-state index in [-0.39, 0.29) is 0 Å². The quantitative estimate of drug-likeness (QED) is 0.653. The number of hydrogen-bond donors (Lipinski definition) is 0. The molecule has 1 unspecified atom stereocenters. The van der Waals surface area contributed by atoms with E-state index in [0.29, 0.717) is 6.17 Å². The first-order valence-electron chi connectivity index (χ1n) is 8.01. The third-order valence-electron chi connectivity index (χ3n) is 4.13. The van der Waals surface area contributed by atoms with Gasteiger partial charge in [-0.25, -0.2) is 0 Å². The van der Waals surface area contributed by atoms with Crippen LogP contribution in [0.2, 0.25) is 0 Å². The lowest BCUT2D eigenvalue weighted by molar-refractivity contribution is 0.173. The Morgan fingerprint density at radius 1 is 0.950 bits per heavy atom. The average Bonchev–Trinajstić information content (AvgIpc) is 2.81. The number of unbranched alkanes of at least 4 members (excludes halogenated alkanes) is 4. The molecule has 1 aliphatic heterocycles. The highest BCUT2D eigenvalue weighted by atomic mass is 15.4. The van der Waals surface area contributed by atoms with E-state index in [2.05, 4.69) is 66.5 Å². The molecule has 1 aliphatic rings. The van der Waals surface area contributed by atoms with Gasteiger partial charge in [0.2, 0.25) is 0 Å². The third kappa shape index (κ3) is 4.29. The molecule has 2 rings (SSSR count). The summed E-state index contributed by atoms with van der Waals surface area (Å²) in [6.45, 7) is 3.45. The van der Waals surface area contributed by atoms with Crippen LogP contribution >= 0.6 is 0 Å². The van der Waals surface area contributed by atoms with Gasteiger partial charge in [-0.3, -0.25) is 0 Å². The Morgan fingerprint density at radius 2 is 1.70 bits per heavy atom. The first-order valence-corrected chi connectivity index (χ1v) is 8.01. The molecule has 2 heteroatoms. The molecule has 0 saturated carbocycles. The van der Waals surface area contributed by atoms with Gasteiger partial charge >= 0.3 is 0 Å². The lowest BCUT2D eigenvalue weighted by atomic mass is 10.1. The van der Waals surface area contributed by atoms with E-state index in [0.717, 1.165) is 6.42 Å². The van der Waals surface area contributed by atoms with Crippen LogP contribution in [0.15, 0.2) is 42.7 Å². The van der Waals surface area contributed by atoms with E-state index in [1.165, 1.54) is 44.2 Å². The second kappa shape index (κ2) is 7.98. The Balaban J connectivity index is 1.80. The van der Waals surface area contributed by atoms with E-state index < -0.39 is 0 Å². The average molecular weight is 272 g/mol. The standard InChI is InChI=1S/C18H28N2/c1-3-4-5-6-10-13-20-15-14-19(2)18(20)16-17-11-8-7-9-12-17/h7-9,11-12,14-15,18H,3-6,10,13,16H2,1-2H3. The molecule has 0 radical (unpaired) electrons. The summed E-state index contributed by atoms with van der Waals surface area (Å²) in [6.07, 6.45) is 12.8. The highest BCUT2D eigenvalue weighted by Gasteiger charge is 2.23. The molecule has 20 heavy (non-hydrogen) atoms. The van der Waals surface area contributed by atoms with Gasteiger partial charge in [0.1, 0.15) is 6.17 Å². The summed E-state index contributed by atoms with van der Waals surface area (Å²) in [6, 6.07) is 10.8. The number of hydrogen-bond acceptors (Lipinski definition) is 2. The zero-order chi connectivity index (χ0) is 14.2. The summed E-state index contributed by atoms with van der Waals surface area (Å²) in [5.74, 6) is 0. The molecule has 110 valence electrons. The monoisotopic (exact) mass is 272 g/mol. The van der Waals surface area contributed by atoms with Gasteiger partial charge < -0.3 is 9.80 Å². The molecule has 0 aliphatic carbocycles. The van der Waals surface area contributed by atoms with E-state index in [1.54, 1.807) is 0 Å². The molecule has 0 saturated heterocycles. The first kappa shape index (κ1) is 15.0. The van der Waals surface area contributed by atoms with Gasteiger partial charge in [-0.1, -0.05) is 62.9 Å². The first-order chi connectivity index (χ1) is 9.81. The molecular weight excluding hydrogens is 244 g/mol. The molecule has 2 nitrogen and oxygen atoms in total. The Labute approximate surface area is 124 Å². The zero-order valence-electron chi connectivity index (χ0n) is 13.0. The summed E-state index contributed by atoms with van der Waals surface area (Å²) in [5, 5.41) is 0. The summed E-state index contributed by atoms with van der Waals surface area (Å²) < 4.78 is 0. The lowest BCUT2D eigenvalue weighted by Crippen LogP contribution is -2.38. The molecule has 0 fully saturated rings. The largest absolute Gasteiger partial charge is 0.359 e. The van der Waals surface area contributed by atoms with E-state index in [4.69, 9.17) is 0 Å². The van der Waals surface area contributed by atoms with E-state index in [1.807, 2.05) is 0 Å². The van der Waals surface area contributed by atoms with Crippen molar-refractivity contribution < 1.29 is 0 Å². The van der Waals surface area contributed by atoms with Crippen molar-refractivity contribution in [2.24, 2.45) is 0 Å². The van der Waals surface area contributed by atoms with Crippen LogP contribution in [0, 0.1) is 0 Å². The van der Waals surface area contributed by atoms with Gasteiger partial charge in [0.15, 0.2) is 0 Å². The number of nitrogens with zero attached hydrogens (tertiary/aromatic N) is 2. The minimum absolute atomic E-state index is 0.489. The van der Waals surface area contributed by atoms with Crippen molar-refractivity contribution in [3.05, 3.63) is 48.3 Å². The summed E-state index contributed by atoms with van der Waals surface area (Å²) in [7, 11) is 2.18. The summed E-state index contributed by atoms with van der Waals surface area (Å²) in [5.41, 5.74) is 1.42. The van der Waals surface area contributed by atoms with Gasteiger partial charge in [-0.15, -0.1) is 0 Å². The molecule has 1 aromatic rings. The van der Waals surface area contributed by atoms with Crippen molar-refractivity contribution in [1.82, 2.24) is 9.80 Å². The van der Waals surface area contributed by atoms with Crippen LogP contribution in [0.1, 0.15) is 44.6 Å². The normalized spacial score (nSPS) is 18.0. The molecule has 0 amide bonds. The van der Waals surface area contributed by atoms with Crippen LogP contribution in [0.4, 0.5) is 0 Å². The second-order valence-electron chi connectivity index (χ2n) is 5.79. The third-order valence-corrected chi connectivity index (χ3v) is 4.13. The van der Waals surface area contributed by atoms with Crippen LogP contribution < -0.4 is 0 Å². The fourth-order valence-electron chi connectivity index (χ4n) is 2.83. The fraction of sp³-hybridized carbons (Fsp3) is 0.556. The van der Waals surface area contributed by atoms with Crippen molar-refractivity contribution in [3.8, 4) is 0 Å². The van der Waals surface area contributed by atoms with Gasteiger partial charge in [0.05, 0.1) is 0 Å². The second-order valence-corrected chi connectivity index (χ2v) is 5.79. The minimum Gasteiger partial charge on any atom is -0.359 e. The SMILES string of the molecule is CCCCCCCN1C=CN(C)C1Cc1ccccc1. The van der Waals surface area contributed by atoms with Crippen molar-refractivity contribution in [2.45, 2.75) is 51.6 Å². The molecule has 0 bridgehead atoms. The summed E-state index contributed by atoms with van der Waals surface area (Å²) in [4.78, 5) is 4.83. The molecule has 1 heterocycles. The Bertz CT molecular complexity index is 399. The Kier molecular flexibility index (Phi) is 5.97. The number of benzene rings is 1. The van der Waals surface area contributed by atoms with Crippen molar-refractivity contribution in [1.29, 1.82) is 0 Å². The van der Waals surface area contributed by atoms with Crippen LogP contribution in [0.5, 0.6) is 0 Å². The predicted molar refractivity (Wildman–Crippen MR) is 86.3 cm³/mol. The highest BCUT2D eigenvalue weighted by molar-refractivity contribution is 5.17. The maximum absolute atomic E-state index is 2.50. The van der Waals surface area contributed by atoms with E-state index in [9.17, 15) is 0 Å². The highest BCUT2D eigenvalue weighted by Crippen LogP contribution is 2.19. The molecule has 1 aromatic carbocycles. The van der Waals surface area contributed by atoms with Crippen molar-refractivity contribution in [2.75, 3.05) is 13.6 Å². The maximum atomic E-state index is 2.50. The minimum atomic E-state index is 0.489. The topological polar surface area (TPSA) is 6.48 Å². The number of likely N-dealkylation sites (N-methyl/N-ethyl adjacent to an activating group) is 1. The van der Waals surface area contributed by atoms with Gasteiger partial charge in [0.25, 0.3) is 0 Å². The summed E-state index contributed by atoms with van der Waals surface area (Å²) >= 11 is 0. The van der Waals surface area contributed by atoms with Crippen molar-refractivity contribution >= 4 is 0 Å². The predicted octanol–water partition coefficient (Wildman–Crippen LogP) is 4.24. The zero-order valence-corrected chi connectivity index (χ0v) is 13.0. The Morgan fingerprint density at radius 3 is 2.45 bits per heavy atom. The molecule has 0 N–H and O–H groups in total. The Hall–Kier alpha value is -1.44. The van der Waals surface area contributed by atoms with Gasteiger partial charge in [-0.05, 0) is 12.0 Å². The van der Waals surface area contributed by atoms with Crippen LogP contribution in [0.3, 0.4) is 0 Å². The molecule has 0 aromatic heterocycles. The molecular formula is C18H28N2. The smallest absolute Gasteiger partial charge is 0.104 e. The van der Waals surface area contributed by atoms with E-state index >= 15 is 0 Å². The maximum Gasteiger partial charge on any atom is 0.104 e. The molecule has 1 atom stereocenters. The van der Waals surface area contributed by atoms with Crippen LogP contribution in [-0.2, 0) is 6.42 Å².